The largest absolute Gasteiger partial charge is 0.391 e. The standard InChI is InChI=1S/C10H17N5O/c1-6-4-13-10(15-11)14-9(6)12-5-8(16)7-2-3-7/h4,7-8,16H,2-3,5,11H2,1H3,(H2,12,13,14,15). The number of nitrogens with one attached hydrogen (secondary N) is 2. The Labute approximate surface area is 94.3 Å². The molecule has 1 fully saturated rings. The predicted octanol–water partition coefficient (Wildman–Crippen LogP) is 0.253. The Morgan fingerprint density at radius 1 is 1.62 bits per heavy atom. The van der Waals surface area contributed by atoms with E-state index in [1.807, 2.05) is 6.92 Å². The molecule has 88 valence electrons. The Hall–Kier alpha value is -1.40. The molecule has 0 saturated heterocycles. The van der Waals surface area contributed by atoms with Crippen molar-refractivity contribution in [3.8, 4) is 0 Å². The monoisotopic (exact) mass is 223 g/mol. The number of aromatic nitrogens is 2. The third-order valence-electron chi connectivity index (χ3n) is 2.75. The number of aliphatic hydroxyl groups is 1. The fourth-order valence-corrected chi connectivity index (χ4v) is 1.54. The summed E-state index contributed by atoms with van der Waals surface area (Å²) in [5.74, 6) is 6.77. The number of nitrogens with two attached hydrogens (primary N) is 1. The van der Waals surface area contributed by atoms with Gasteiger partial charge in [-0.3, -0.25) is 5.43 Å². The fraction of sp³-hybridized carbons (Fsp3) is 0.600. The van der Waals surface area contributed by atoms with E-state index in [1.54, 1.807) is 6.20 Å². The van der Waals surface area contributed by atoms with E-state index in [2.05, 4.69) is 20.7 Å². The average Bonchev–Trinajstić information content (AvgIpc) is 3.11. The average molecular weight is 223 g/mol. The van der Waals surface area contributed by atoms with Crippen LogP contribution in [0.2, 0.25) is 0 Å². The molecule has 0 radical (unpaired) electrons. The van der Waals surface area contributed by atoms with Crippen molar-refractivity contribution >= 4 is 11.8 Å². The number of hydrogen-bond donors (Lipinski definition) is 4. The van der Waals surface area contributed by atoms with Gasteiger partial charge in [0, 0.05) is 18.3 Å². The van der Waals surface area contributed by atoms with Crippen LogP contribution in [0.15, 0.2) is 6.20 Å². The number of nitrogen functional groups attached to an aromatic ring is 1. The normalized spacial score (nSPS) is 16.9. The molecule has 1 saturated carbocycles. The summed E-state index contributed by atoms with van der Waals surface area (Å²) >= 11 is 0. The van der Waals surface area contributed by atoms with Crippen LogP contribution in [0.1, 0.15) is 18.4 Å². The topological polar surface area (TPSA) is 96.1 Å². The molecule has 0 spiro atoms. The van der Waals surface area contributed by atoms with Crippen molar-refractivity contribution in [3.05, 3.63) is 11.8 Å². The minimum absolute atomic E-state index is 0.288. The van der Waals surface area contributed by atoms with Gasteiger partial charge in [0.05, 0.1) is 6.10 Å². The summed E-state index contributed by atoms with van der Waals surface area (Å²) in [6.07, 6.45) is 3.65. The molecular formula is C10H17N5O. The van der Waals surface area contributed by atoms with Crippen LogP contribution in [0.25, 0.3) is 0 Å². The van der Waals surface area contributed by atoms with E-state index in [0.29, 0.717) is 24.2 Å². The van der Waals surface area contributed by atoms with Crippen LogP contribution in [0.5, 0.6) is 0 Å². The van der Waals surface area contributed by atoms with Gasteiger partial charge in [0.2, 0.25) is 5.95 Å². The number of rotatable bonds is 5. The molecule has 0 aromatic carbocycles. The smallest absolute Gasteiger partial charge is 0.239 e. The van der Waals surface area contributed by atoms with Gasteiger partial charge in [0.25, 0.3) is 0 Å². The van der Waals surface area contributed by atoms with Crippen molar-refractivity contribution in [2.24, 2.45) is 11.8 Å². The minimum atomic E-state index is -0.288. The number of anilines is 2. The quantitative estimate of drug-likeness (QED) is 0.422. The van der Waals surface area contributed by atoms with Crippen LogP contribution in [0.3, 0.4) is 0 Å². The molecule has 6 nitrogen and oxygen atoms in total. The lowest BCUT2D eigenvalue weighted by atomic mass is 10.2. The van der Waals surface area contributed by atoms with Gasteiger partial charge < -0.3 is 10.4 Å². The second kappa shape index (κ2) is 4.63. The lowest BCUT2D eigenvalue weighted by Gasteiger charge is -2.13. The summed E-state index contributed by atoms with van der Waals surface area (Å²) in [5, 5.41) is 12.8. The first-order valence-electron chi connectivity index (χ1n) is 5.43. The zero-order valence-electron chi connectivity index (χ0n) is 9.27. The zero-order valence-corrected chi connectivity index (χ0v) is 9.27. The summed E-state index contributed by atoms with van der Waals surface area (Å²) in [6, 6.07) is 0. The van der Waals surface area contributed by atoms with Gasteiger partial charge in [-0.2, -0.15) is 4.98 Å². The Morgan fingerprint density at radius 3 is 3.00 bits per heavy atom. The summed E-state index contributed by atoms with van der Waals surface area (Å²) in [6.45, 7) is 2.43. The van der Waals surface area contributed by atoms with Gasteiger partial charge >= 0.3 is 0 Å². The molecule has 1 atom stereocenters. The number of hydrogen-bond acceptors (Lipinski definition) is 6. The fourth-order valence-electron chi connectivity index (χ4n) is 1.54. The molecule has 0 amide bonds. The number of nitrogens with zero attached hydrogens (tertiary/aromatic N) is 2. The molecule has 2 rings (SSSR count). The van der Waals surface area contributed by atoms with E-state index in [9.17, 15) is 5.11 Å². The molecule has 1 aliphatic carbocycles. The van der Waals surface area contributed by atoms with Gasteiger partial charge in [-0.25, -0.2) is 10.8 Å². The second-order valence-electron chi connectivity index (χ2n) is 4.16. The first-order valence-corrected chi connectivity index (χ1v) is 5.43. The Morgan fingerprint density at radius 2 is 2.38 bits per heavy atom. The Kier molecular flexibility index (Phi) is 3.21. The first kappa shape index (κ1) is 11.1. The van der Waals surface area contributed by atoms with Crippen molar-refractivity contribution in [3.63, 3.8) is 0 Å². The number of aryl methyl sites for hydroxylation is 1. The SMILES string of the molecule is Cc1cnc(NN)nc1NCC(O)C1CC1. The number of aliphatic hydroxyl groups excluding tert-OH is 1. The molecule has 6 heteroatoms. The van der Waals surface area contributed by atoms with Gasteiger partial charge in [-0.15, -0.1) is 0 Å². The van der Waals surface area contributed by atoms with E-state index in [0.717, 1.165) is 18.4 Å². The molecule has 0 aliphatic heterocycles. The van der Waals surface area contributed by atoms with Crippen molar-refractivity contribution in [1.29, 1.82) is 0 Å². The molecule has 1 unspecified atom stereocenters. The summed E-state index contributed by atoms with van der Waals surface area (Å²) in [5.41, 5.74) is 3.33. The Bertz CT molecular complexity index is 366. The van der Waals surface area contributed by atoms with Crippen LogP contribution in [0, 0.1) is 12.8 Å². The second-order valence-corrected chi connectivity index (χ2v) is 4.16. The van der Waals surface area contributed by atoms with E-state index >= 15 is 0 Å². The van der Waals surface area contributed by atoms with Gasteiger partial charge in [-0.05, 0) is 25.7 Å². The zero-order chi connectivity index (χ0) is 11.5. The van der Waals surface area contributed by atoms with Crippen molar-refractivity contribution < 1.29 is 5.11 Å². The molecular weight excluding hydrogens is 206 g/mol. The first-order chi connectivity index (χ1) is 7.70. The van der Waals surface area contributed by atoms with E-state index < -0.39 is 0 Å². The minimum Gasteiger partial charge on any atom is -0.391 e. The van der Waals surface area contributed by atoms with Crippen LogP contribution in [-0.2, 0) is 0 Å². The predicted molar refractivity (Wildman–Crippen MR) is 61.8 cm³/mol. The Balaban J connectivity index is 1.96. The molecule has 0 bridgehead atoms. The van der Waals surface area contributed by atoms with E-state index in [1.165, 1.54) is 0 Å². The molecule has 16 heavy (non-hydrogen) atoms. The van der Waals surface area contributed by atoms with Crippen LogP contribution in [0.4, 0.5) is 11.8 Å². The molecule has 5 N–H and O–H groups in total. The molecule has 1 aromatic heterocycles. The lowest BCUT2D eigenvalue weighted by Crippen LogP contribution is -2.22. The highest BCUT2D eigenvalue weighted by atomic mass is 16.3. The summed E-state index contributed by atoms with van der Waals surface area (Å²) in [7, 11) is 0. The summed E-state index contributed by atoms with van der Waals surface area (Å²) in [4.78, 5) is 8.16. The van der Waals surface area contributed by atoms with Crippen molar-refractivity contribution in [2.75, 3.05) is 17.3 Å². The van der Waals surface area contributed by atoms with Gasteiger partial charge in [0.1, 0.15) is 5.82 Å². The van der Waals surface area contributed by atoms with E-state index in [4.69, 9.17) is 5.84 Å². The third-order valence-corrected chi connectivity index (χ3v) is 2.75. The maximum Gasteiger partial charge on any atom is 0.239 e. The third kappa shape index (κ3) is 2.59. The highest BCUT2D eigenvalue weighted by Crippen LogP contribution is 2.32. The molecule has 1 heterocycles. The van der Waals surface area contributed by atoms with Crippen LogP contribution < -0.4 is 16.6 Å². The summed E-state index contributed by atoms with van der Waals surface area (Å²) < 4.78 is 0. The lowest BCUT2D eigenvalue weighted by molar-refractivity contribution is 0.164. The van der Waals surface area contributed by atoms with Gasteiger partial charge in [0.15, 0.2) is 0 Å². The number of hydrazine groups is 1. The highest BCUT2D eigenvalue weighted by molar-refractivity contribution is 5.46. The molecule has 1 aliphatic rings. The highest BCUT2D eigenvalue weighted by Gasteiger charge is 2.29. The van der Waals surface area contributed by atoms with Crippen molar-refractivity contribution in [1.82, 2.24) is 9.97 Å². The maximum atomic E-state index is 9.72. The molecule has 1 aromatic rings. The van der Waals surface area contributed by atoms with Gasteiger partial charge in [-0.1, -0.05) is 0 Å². The van der Waals surface area contributed by atoms with Crippen molar-refractivity contribution in [2.45, 2.75) is 25.9 Å². The maximum absolute atomic E-state index is 9.72. The van der Waals surface area contributed by atoms with Crippen LogP contribution >= 0.6 is 0 Å². The van der Waals surface area contributed by atoms with Crippen LogP contribution in [-0.4, -0.2) is 27.7 Å². The van der Waals surface area contributed by atoms with E-state index in [-0.39, 0.29) is 6.10 Å².